The van der Waals surface area contributed by atoms with Gasteiger partial charge in [-0.3, -0.25) is 4.79 Å². The molecule has 0 aliphatic carbocycles. The van der Waals surface area contributed by atoms with Gasteiger partial charge in [-0.05, 0) is 44.0 Å². The Morgan fingerprint density at radius 1 is 1.26 bits per heavy atom. The molecule has 1 aliphatic rings. The van der Waals surface area contributed by atoms with Crippen LogP contribution < -0.4 is 9.54 Å². The van der Waals surface area contributed by atoms with Gasteiger partial charge in [-0.1, -0.05) is 35.4 Å². The minimum absolute atomic E-state index is 0.144. The molecule has 1 fully saturated rings. The van der Waals surface area contributed by atoms with Crippen LogP contribution >= 0.6 is 34.3 Å². The van der Waals surface area contributed by atoms with E-state index in [0.29, 0.717) is 28.6 Å². The van der Waals surface area contributed by atoms with Gasteiger partial charge in [0.05, 0.1) is 15.6 Å². The van der Waals surface area contributed by atoms with E-state index >= 15 is 0 Å². The summed E-state index contributed by atoms with van der Waals surface area (Å²) >= 11 is 8.31. The van der Waals surface area contributed by atoms with E-state index in [1.54, 1.807) is 6.07 Å². The minimum Gasteiger partial charge on any atom is -0.492 e. The Labute approximate surface area is 193 Å². The molecule has 1 unspecified atom stereocenters. The van der Waals surface area contributed by atoms with E-state index in [2.05, 4.69) is 4.99 Å². The Kier molecular flexibility index (Phi) is 6.55. The Balaban J connectivity index is 1.72. The number of rotatable bonds is 5. The van der Waals surface area contributed by atoms with Crippen LogP contribution in [0.5, 0.6) is 5.75 Å². The summed E-state index contributed by atoms with van der Waals surface area (Å²) in [5.74, 6) is 0.273. The summed E-state index contributed by atoms with van der Waals surface area (Å²) in [6, 6.07) is 7.94. The second-order valence-corrected chi connectivity index (χ2v) is 12.0. The van der Waals surface area contributed by atoms with Crippen molar-refractivity contribution in [3.05, 3.63) is 39.5 Å². The van der Waals surface area contributed by atoms with E-state index < -0.39 is 22.0 Å². The monoisotopic (exact) mass is 499 g/mol. The molecule has 11 heteroatoms. The van der Waals surface area contributed by atoms with Crippen LogP contribution in [0.15, 0.2) is 39.5 Å². The number of halogens is 1. The maximum absolute atomic E-state index is 13.2. The Hall–Kier alpha value is -1.72. The maximum Gasteiger partial charge on any atom is 0.266 e. The van der Waals surface area contributed by atoms with Crippen LogP contribution in [-0.2, 0) is 21.9 Å². The lowest BCUT2D eigenvalue weighted by Crippen LogP contribution is -2.47. The first-order valence-corrected chi connectivity index (χ1v) is 13.3. The lowest BCUT2D eigenvalue weighted by molar-refractivity contribution is -0.122. The number of hydrogen-bond acceptors (Lipinski definition) is 6. The van der Waals surface area contributed by atoms with Crippen LogP contribution in [0.4, 0.5) is 0 Å². The number of aryl methyl sites for hydroxylation is 1. The average molecular weight is 500 g/mol. The van der Waals surface area contributed by atoms with Gasteiger partial charge in [-0.2, -0.15) is 9.30 Å². The van der Waals surface area contributed by atoms with Crippen LogP contribution in [0.2, 0.25) is 4.34 Å². The first-order valence-electron chi connectivity index (χ1n) is 9.90. The van der Waals surface area contributed by atoms with Crippen LogP contribution in [-0.4, -0.2) is 42.4 Å². The van der Waals surface area contributed by atoms with Gasteiger partial charge in [0.2, 0.25) is 0 Å². The third-order valence-electron chi connectivity index (χ3n) is 5.14. The fourth-order valence-corrected chi connectivity index (χ4v) is 8.01. The molecule has 3 aromatic rings. The largest absolute Gasteiger partial charge is 0.492 e. The molecular formula is C20H22ClN3O4S3. The normalized spacial score (nSPS) is 18.5. The van der Waals surface area contributed by atoms with E-state index in [-0.39, 0.29) is 10.8 Å². The second kappa shape index (κ2) is 9.03. The highest BCUT2D eigenvalue weighted by Gasteiger charge is 2.38. The van der Waals surface area contributed by atoms with E-state index in [4.69, 9.17) is 16.3 Å². The van der Waals surface area contributed by atoms with Crippen molar-refractivity contribution >= 4 is 60.4 Å². The predicted molar refractivity (Wildman–Crippen MR) is 123 cm³/mol. The van der Waals surface area contributed by atoms with Crippen molar-refractivity contribution in [3.63, 3.8) is 0 Å². The fourth-order valence-electron chi connectivity index (χ4n) is 3.71. The number of para-hydroxylation sites is 1. The summed E-state index contributed by atoms with van der Waals surface area (Å²) in [6.07, 6.45) is 1.92. The SMILES string of the molecule is CCOc1cccc2sc(=NC(=O)C3CCCCN3S(=O)(=O)c3ccc(Cl)s3)n(C)c12. The highest BCUT2D eigenvalue weighted by Crippen LogP contribution is 2.32. The molecular weight excluding hydrogens is 478 g/mol. The standard InChI is InChI=1S/C20H22ClN3O4S3/c1-3-28-14-8-6-9-15-18(14)23(2)20(29-15)22-19(25)13-7-4-5-12-24(13)31(26,27)17-11-10-16(21)30-17/h6,8-11,13H,3-5,7,12H2,1-2H3. The number of benzene rings is 1. The number of nitrogens with zero attached hydrogens (tertiary/aromatic N) is 3. The van der Waals surface area contributed by atoms with Crippen LogP contribution in [0.1, 0.15) is 26.2 Å². The molecule has 0 bridgehead atoms. The molecule has 0 saturated carbocycles. The molecule has 0 spiro atoms. The van der Waals surface area contributed by atoms with Gasteiger partial charge >= 0.3 is 0 Å². The van der Waals surface area contributed by atoms with Crippen molar-refractivity contribution in [2.24, 2.45) is 12.0 Å². The zero-order chi connectivity index (χ0) is 22.2. The molecule has 1 aromatic carbocycles. The van der Waals surface area contributed by atoms with E-state index in [1.165, 1.54) is 21.7 Å². The van der Waals surface area contributed by atoms with Crippen molar-refractivity contribution in [3.8, 4) is 5.75 Å². The van der Waals surface area contributed by atoms with Gasteiger partial charge < -0.3 is 9.30 Å². The fraction of sp³-hybridized carbons (Fsp3) is 0.400. The van der Waals surface area contributed by atoms with Gasteiger partial charge in [-0.25, -0.2) is 8.42 Å². The minimum atomic E-state index is -3.81. The maximum atomic E-state index is 13.2. The van der Waals surface area contributed by atoms with Gasteiger partial charge in [0, 0.05) is 13.6 Å². The van der Waals surface area contributed by atoms with Crippen molar-refractivity contribution in [1.29, 1.82) is 0 Å². The topological polar surface area (TPSA) is 81.0 Å². The zero-order valence-electron chi connectivity index (χ0n) is 17.1. The summed E-state index contributed by atoms with van der Waals surface area (Å²) < 4.78 is 36.6. The molecule has 166 valence electrons. The summed E-state index contributed by atoms with van der Waals surface area (Å²) in [5, 5.41) is 0. The number of amides is 1. The number of carbonyl (C=O) groups excluding carboxylic acids is 1. The number of carbonyl (C=O) groups is 1. The van der Waals surface area contributed by atoms with Crippen molar-refractivity contribution in [2.45, 2.75) is 36.4 Å². The molecule has 0 radical (unpaired) electrons. The second-order valence-electron chi connectivity index (χ2n) is 7.12. The molecule has 3 heterocycles. The number of hydrogen-bond donors (Lipinski definition) is 0. The van der Waals surface area contributed by atoms with Gasteiger partial charge in [0.15, 0.2) is 4.80 Å². The smallest absolute Gasteiger partial charge is 0.266 e. The molecule has 4 rings (SSSR count). The predicted octanol–water partition coefficient (Wildman–Crippen LogP) is 4.02. The third-order valence-corrected chi connectivity index (χ3v) is 9.85. The Bertz CT molecular complexity index is 1290. The number of fused-ring (bicyclic) bond motifs is 1. The number of ether oxygens (including phenoxy) is 1. The highest BCUT2D eigenvalue weighted by atomic mass is 35.5. The molecule has 0 N–H and O–H groups in total. The Morgan fingerprint density at radius 3 is 2.77 bits per heavy atom. The first-order chi connectivity index (χ1) is 14.8. The van der Waals surface area contributed by atoms with Gasteiger partial charge in [0.1, 0.15) is 21.5 Å². The summed E-state index contributed by atoms with van der Waals surface area (Å²) in [7, 11) is -1.98. The van der Waals surface area contributed by atoms with Crippen molar-refractivity contribution in [1.82, 2.24) is 8.87 Å². The summed E-state index contributed by atoms with van der Waals surface area (Å²) in [6.45, 7) is 2.73. The van der Waals surface area contributed by atoms with E-state index in [1.807, 2.05) is 36.7 Å². The number of thiazole rings is 1. The number of sulfonamides is 1. The van der Waals surface area contributed by atoms with E-state index in [9.17, 15) is 13.2 Å². The van der Waals surface area contributed by atoms with Crippen molar-refractivity contribution < 1.29 is 17.9 Å². The van der Waals surface area contributed by atoms with Crippen molar-refractivity contribution in [2.75, 3.05) is 13.2 Å². The lowest BCUT2D eigenvalue weighted by Gasteiger charge is -2.31. The lowest BCUT2D eigenvalue weighted by atomic mass is 10.0. The summed E-state index contributed by atoms with van der Waals surface area (Å²) in [4.78, 5) is 18.0. The highest BCUT2D eigenvalue weighted by molar-refractivity contribution is 7.91. The molecule has 1 saturated heterocycles. The average Bonchev–Trinajstić information content (AvgIpc) is 3.33. The first kappa shape index (κ1) is 22.5. The Morgan fingerprint density at radius 2 is 2.06 bits per heavy atom. The molecule has 1 aliphatic heterocycles. The van der Waals surface area contributed by atoms with Gasteiger partial charge in [-0.15, -0.1) is 11.3 Å². The van der Waals surface area contributed by atoms with Gasteiger partial charge in [0.25, 0.3) is 15.9 Å². The number of thiophene rings is 1. The van der Waals surface area contributed by atoms with Crippen LogP contribution in [0.3, 0.4) is 0 Å². The van der Waals surface area contributed by atoms with Crippen LogP contribution in [0.25, 0.3) is 10.2 Å². The number of piperidine rings is 1. The quantitative estimate of drug-likeness (QED) is 0.531. The third kappa shape index (κ3) is 4.31. The number of aromatic nitrogens is 1. The molecule has 1 amide bonds. The molecule has 31 heavy (non-hydrogen) atoms. The molecule has 7 nitrogen and oxygen atoms in total. The zero-order valence-corrected chi connectivity index (χ0v) is 20.3. The van der Waals surface area contributed by atoms with E-state index in [0.717, 1.165) is 33.7 Å². The molecule has 1 atom stereocenters. The summed E-state index contributed by atoms with van der Waals surface area (Å²) in [5.41, 5.74) is 0.863. The van der Waals surface area contributed by atoms with Crippen LogP contribution in [0, 0.1) is 0 Å². The molecule has 2 aromatic heterocycles.